The number of aryl methyl sites for hydroxylation is 1. The van der Waals surface area contributed by atoms with Gasteiger partial charge < -0.3 is 4.90 Å². The second kappa shape index (κ2) is 5.80. The Bertz CT molecular complexity index is 506. The van der Waals surface area contributed by atoms with Crippen LogP contribution in [0.4, 0.5) is 0 Å². The zero-order valence-corrected chi connectivity index (χ0v) is 13.3. The third kappa shape index (κ3) is 2.71. The summed E-state index contributed by atoms with van der Waals surface area (Å²) in [6, 6.07) is 9.16. The molecule has 114 valence electrons. The van der Waals surface area contributed by atoms with Gasteiger partial charge in [-0.05, 0) is 36.3 Å². The lowest BCUT2D eigenvalue weighted by molar-refractivity contribution is -0.131. The lowest BCUT2D eigenvalue weighted by atomic mass is 9.99. The second-order valence-corrected chi connectivity index (χ2v) is 6.50. The van der Waals surface area contributed by atoms with Gasteiger partial charge in [-0.2, -0.15) is 0 Å². The van der Waals surface area contributed by atoms with E-state index in [1.54, 1.807) is 0 Å². The van der Waals surface area contributed by atoms with Gasteiger partial charge in [-0.25, -0.2) is 0 Å². The normalized spacial score (nSPS) is 27.2. The molecule has 1 aromatic carbocycles. The maximum absolute atomic E-state index is 12.8. The van der Waals surface area contributed by atoms with Crippen LogP contribution >= 0.6 is 0 Å². The number of amides is 1. The summed E-state index contributed by atoms with van der Waals surface area (Å²) in [5.74, 6) is 0.690. The highest BCUT2D eigenvalue weighted by Gasteiger charge is 2.47. The van der Waals surface area contributed by atoms with E-state index in [-0.39, 0.29) is 12.2 Å². The minimum absolute atomic E-state index is 0.0218. The Morgan fingerprint density at radius 1 is 1.24 bits per heavy atom. The van der Waals surface area contributed by atoms with Crippen molar-refractivity contribution < 1.29 is 4.79 Å². The Morgan fingerprint density at radius 2 is 1.90 bits per heavy atom. The monoisotopic (exact) mass is 286 g/mol. The van der Waals surface area contributed by atoms with Crippen molar-refractivity contribution >= 4 is 5.91 Å². The maximum atomic E-state index is 12.8. The summed E-state index contributed by atoms with van der Waals surface area (Å²) < 4.78 is 0. The molecule has 0 aromatic heterocycles. The molecule has 1 saturated heterocycles. The molecule has 1 heterocycles. The van der Waals surface area contributed by atoms with Crippen molar-refractivity contribution in [1.82, 2.24) is 10.2 Å². The summed E-state index contributed by atoms with van der Waals surface area (Å²) in [5.41, 5.74) is 2.57. The molecule has 1 aliphatic heterocycles. The van der Waals surface area contributed by atoms with E-state index in [1.165, 1.54) is 11.1 Å². The highest BCUT2D eigenvalue weighted by Crippen LogP contribution is 2.38. The van der Waals surface area contributed by atoms with E-state index in [0.29, 0.717) is 17.9 Å². The second-order valence-electron chi connectivity index (χ2n) is 6.50. The summed E-state index contributed by atoms with van der Waals surface area (Å²) in [7, 11) is 0. The third-order valence-electron chi connectivity index (χ3n) is 4.99. The number of nitrogens with zero attached hydrogens (tertiary/aromatic N) is 1. The van der Waals surface area contributed by atoms with Crippen LogP contribution < -0.4 is 5.32 Å². The molecular weight excluding hydrogens is 260 g/mol. The van der Waals surface area contributed by atoms with Crippen molar-refractivity contribution in [3.8, 4) is 0 Å². The van der Waals surface area contributed by atoms with Crippen LogP contribution in [0.25, 0.3) is 0 Å². The largest absolute Gasteiger partial charge is 0.319 e. The fourth-order valence-corrected chi connectivity index (χ4v) is 3.19. The number of benzene rings is 1. The third-order valence-corrected chi connectivity index (χ3v) is 4.99. The molecule has 0 bridgehead atoms. The van der Waals surface area contributed by atoms with Gasteiger partial charge in [0.1, 0.15) is 6.17 Å². The van der Waals surface area contributed by atoms with Gasteiger partial charge in [0.05, 0.1) is 6.04 Å². The molecule has 2 aliphatic rings. The maximum Gasteiger partial charge on any atom is 0.241 e. The quantitative estimate of drug-likeness (QED) is 0.901. The topological polar surface area (TPSA) is 32.3 Å². The van der Waals surface area contributed by atoms with Gasteiger partial charge in [0.15, 0.2) is 0 Å². The number of carbonyl (C=O) groups is 1. The summed E-state index contributed by atoms with van der Waals surface area (Å²) in [4.78, 5) is 14.9. The van der Waals surface area contributed by atoms with Crippen LogP contribution in [0.1, 0.15) is 57.3 Å². The molecule has 3 unspecified atom stereocenters. The molecule has 3 nitrogen and oxygen atoms in total. The Kier molecular flexibility index (Phi) is 4.03. The zero-order valence-electron chi connectivity index (χ0n) is 13.3. The number of carbonyl (C=O) groups excluding carboxylic acids is 1. The van der Waals surface area contributed by atoms with Crippen LogP contribution in [-0.4, -0.2) is 22.9 Å². The average Bonchev–Trinajstić information content (AvgIpc) is 3.30. The first-order valence-electron chi connectivity index (χ1n) is 8.32. The molecule has 1 saturated carbocycles. The number of nitrogens with one attached hydrogen (secondary N) is 1. The Hall–Kier alpha value is -1.35. The van der Waals surface area contributed by atoms with Gasteiger partial charge in [-0.1, -0.05) is 51.5 Å². The first kappa shape index (κ1) is 14.6. The first-order valence-corrected chi connectivity index (χ1v) is 8.32. The molecule has 21 heavy (non-hydrogen) atoms. The van der Waals surface area contributed by atoms with Crippen molar-refractivity contribution in [2.45, 2.75) is 64.7 Å². The molecule has 0 radical (unpaired) electrons. The highest BCUT2D eigenvalue weighted by atomic mass is 16.2. The van der Waals surface area contributed by atoms with Crippen LogP contribution in [0, 0.1) is 5.92 Å². The summed E-state index contributed by atoms with van der Waals surface area (Å²) in [6.45, 7) is 6.50. The van der Waals surface area contributed by atoms with Crippen LogP contribution in [0.2, 0.25) is 0 Å². The van der Waals surface area contributed by atoms with Crippen LogP contribution in [0.15, 0.2) is 24.3 Å². The van der Waals surface area contributed by atoms with Crippen molar-refractivity contribution in [3.05, 3.63) is 35.4 Å². The predicted octanol–water partition coefficient (Wildman–Crippen LogP) is 3.26. The molecule has 3 heteroatoms. The highest BCUT2D eigenvalue weighted by molar-refractivity contribution is 5.85. The van der Waals surface area contributed by atoms with Crippen molar-refractivity contribution in [2.24, 2.45) is 5.92 Å². The van der Waals surface area contributed by atoms with Gasteiger partial charge in [-0.15, -0.1) is 0 Å². The Labute approximate surface area is 127 Å². The molecule has 0 spiro atoms. The standard InChI is InChI=1S/C18H26N2O/c1-4-12(3)16-18(21)20(15-10-11-15)17(19-16)14-8-6-13(5-2)7-9-14/h6-9,12,15-17,19H,4-5,10-11H2,1-3H3. The van der Waals surface area contributed by atoms with E-state index >= 15 is 0 Å². The Morgan fingerprint density at radius 3 is 2.43 bits per heavy atom. The van der Waals surface area contributed by atoms with E-state index in [2.05, 4.69) is 55.3 Å². The first-order chi connectivity index (χ1) is 10.2. The van der Waals surface area contributed by atoms with E-state index in [9.17, 15) is 4.79 Å². The summed E-state index contributed by atoms with van der Waals surface area (Å²) in [6.07, 6.45) is 4.46. The molecule has 2 fully saturated rings. The summed E-state index contributed by atoms with van der Waals surface area (Å²) >= 11 is 0. The minimum Gasteiger partial charge on any atom is -0.319 e. The molecule has 1 aromatic rings. The lowest BCUT2D eigenvalue weighted by Gasteiger charge is -2.24. The zero-order chi connectivity index (χ0) is 15.0. The minimum atomic E-state index is -0.0218. The Balaban J connectivity index is 1.86. The number of rotatable bonds is 5. The fraction of sp³-hybridized carbons (Fsp3) is 0.611. The number of hydrogen-bond acceptors (Lipinski definition) is 2. The van der Waals surface area contributed by atoms with Gasteiger partial charge in [0.2, 0.25) is 5.91 Å². The molecular formula is C18H26N2O. The van der Waals surface area contributed by atoms with Crippen molar-refractivity contribution in [2.75, 3.05) is 0 Å². The van der Waals surface area contributed by atoms with Crippen LogP contribution in [-0.2, 0) is 11.2 Å². The van der Waals surface area contributed by atoms with Crippen molar-refractivity contribution in [1.29, 1.82) is 0 Å². The SMILES string of the molecule is CCc1ccc(C2NC(C(C)CC)C(=O)N2C2CC2)cc1. The van der Waals surface area contributed by atoms with Gasteiger partial charge in [0.25, 0.3) is 0 Å². The smallest absolute Gasteiger partial charge is 0.241 e. The molecule has 1 aliphatic carbocycles. The van der Waals surface area contributed by atoms with E-state index in [1.807, 2.05) is 0 Å². The van der Waals surface area contributed by atoms with E-state index in [4.69, 9.17) is 0 Å². The average molecular weight is 286 g/mol. The molecule has 3 rings (SSSR count). The molecule has 1 amide bonds. The fourth-order valence-electron chi connectivity index (χ4n) is 3.19. The lowest BCUT2D eigenvalue weighted by Crippen LogP contribution is -2.36. The molecule has 3 atom stereocenters. The van der Waals surface area contributed by atoms with Crippen molar-refractivity contribution in [3.63, 3.8) is 0 Å². The van der Waals surface area contributed by atoms with Gasteiger partial charge in [-0.3, -0.25) is 10.1 Å². The predicted molar refractivity (Wildman–Crippen MR) is 84.8 cm³/mol. The van der Waals surface area contributed by atoms with Gasteiger partial charge >= 0.3 is 0 Å². The number of hydrogen-bond donors (Lipinski definition) is 1. The van der Waals surface area contributed by atoms with E-state index in [0.717, 1.165) is 25.7 Å². The van der Waals surface area contributed by atoms with Crippen LogP contribution in [0.5, 0.6) is 0 Å². The van der Waals surface area contributed by atoms with Gasteiger partial charge in [0, 0.05) is 6.04 Å². The van der Waals surface area contributed by atoms with E-state index < -0.39 is 0 Å². The summed E-state index contributed by atoms with van der Waals surface area (Å²) in [5, 5.41) is 3.59. The van der Waals surface area contributed by atoms with Crippen LogP contribution in [0.3, 0.4) is 0 Å². The molecule has 1 N–H and O–H groups in total.